The fraction of sp³-hybridized carbons (Fsp3) is 0.214. The fourth-order valence-corrected chi connectivity index (χ4v) is 3.16. The first-order chi connectivity index (χ1) is 9.06. The van der Waals surface area contributed by atoms with Gasteiger partial charge in [0.05, 0.1) is 11.3 Å². The number of nitrogens with zero attached hydrogens (tertiary/aromatic N) is 1. The van der Waals surface area contributed by atoms with Crippen molar-refractivity contribution in [3.63, 3.8) is 0 Å². The molecule has 0 radical (unpaired) electrons. The second-order valence-corrected chi connectivity index (χ2v) is 5.43. The molecule has 0 bridgehead atoms. The van der Waals surface area contributed by atoms with E-state index in [2.05, 4.69) is 15.9 Å². The second-order valence-electron chi connectivity index (χ2n) is 4.57. The third-order valence-corrected chi connectivity index (χ3v) is 3.88. The minimum absolute atomic E-state index is 0.0729. The molecule has 0 unspecified atom stereocenters. The SMILES string of the molecule is O=C1CCCc2c1c(Br)cn2-c1cc(F)cc(F)c1. The molecule has 1 aliphatic carbocycles. The molecule has 0 atom stereocenters. The molecular formula is C14H10BrF2NO. The Morgan fingerprint density at radius 2 is 1.79 bits per heavy atom. The minimum atomic E-state index is -0.629. The number of ketones is 1. The van der Waals surface area contributed by atoms with E-state index < -0.39 is 11.6 Å². The maximum absolute atomic E-state index is 13.3. The number of aromatic nitrogens is 1. The van der Waals surface area contributed by atoms with Gasteiger partial charge in [-0.15, -0.1) is 0 Å². The van der Waals surface area contributed by atoms with Gasteiger partial charge in [0.25, 0.3) is 0 Å². The van der Waals surface area contributed by atoms with E-state index in [-0.39, 0.29) is 5.78 Å². The van der Waals surface area contributed by atoms with Crippen molar-refractivity contribution in [3.05, 3.63) is 51.8 Å². The van der Waals surface area contributed by atoms with E-state index in [9.17, 15) is 13.6 Å². The van der Waals surface area contributed by atoms with Crippen LogP contribution in [-0.4, -0.2) is 10.4 Å². The Bertz CT molecular complexity index is 658. The van der Waals surface area contributed by atoms with Crippen LogP contribution in [0.4, 0.5) is 8.78 Å². The number of rotatable bonds is 1. The second kappa shape index (κ2) is 4.56. The average Bonchev–Trinajstić information content (AvgIpc) is 2.67. The lowest BCUT2D eigenvalue weighted by Crippen LogP contribution is -2.12. The molecule has 5 heteroatoms. The molecule has 2 aromatic rings. The van der Waals surface area contributed by atoms with Crippen molar-refractivity contribution in [1.82, 2.24) is 4.57 Å². The lowest BCUT2D eigenvalue weighted by molar-refractivity contribution is 0.0971. The van der Waals surface area contributed by atoms with E-state index in [0.29, 0.717) is 22.1 Å². The zero-order valence-corrected chi connectivity index (χ0v) is 11.5. The van der Waals surface area contributed by atoms with Crippen molar-refractivity contribution in [2.45, 2.75) is 19.3 Å². The van der Waals surface area contributed by atoms with Crippen molar-refractivity contribution < 1.29 is 13.6 Å². The molecule has 2 nitrogen and oxygen atoms in total. The summed E-state index contributed by atoms with van der Waals surface area (Å²) in [5, 5.41) is 0. The molecule has 0 aliphatic heterocycles. The fourth-order valence-electron chi connectivity index (χ4n) is 2.50. The quantitative estimate of drug-likeness (QED) is 0.775. The number of Topliss-reactive ketones (excluding diaryl/α,β-unsaturated/α-hetero) is 1. The number of halogens is 3. The Kier molecular flexibility index (Phi) is 3.01. The summed E-state index contributed by atoms with van der Waals surface area (Å²) in [5.74, 6) is -1.19. The van der Waals surface area contributed by atoms with Gasteiger partial charge in [0.15, 0.2) is 5.78 Å². The number of carbonyl (C=O) groups excluding carboxylic acids is 1. The highest BCUT2D eigenvalue weighted by molar-refractivity contribution is 9.10. The van der Waals surface area contributed by atoms with E-state index in [1.807, 2.05) is 0 Å². The lowest BCUT2D eigenvalue weighted by Gasteiger charge is -2.15. The maximum atomic E-state index is 13.3. The lowest BCUT2D eigenvalue weighted by atomic mass is 9.96. The van der Waals surface area contributed by atoms with Gasteiger partial charge in [0.2, 0.25) is 0 Å². The Morgan fingerprint density at radius 1 is 1.11 bits per heavy atom. The summed E-state index contributed by atoms with van der Waals surface area (Å²) in [4.78, 5) is 11.9. The Morgan fingerprint density at radius 3 is 2.47 bits per heavy atom. The molecule has 1 aromatic carbocycles. The minimum Gasteiger partial charge on any atom is -0.319 e. The molecule has 1 heterocycles. The number of fused-ring (bicyclic) bond motifs is 1. The molecule has 1 aromatic heterocycles. The molecule has 0 spiro atoms. The summed E-state index contributed by atoms with van der Waals surface area (Å²) in [6.45, 7) is 0. The smallest absolute Gasteiger partial charge is 0.165 e. The van der Waals surface area contributed by atoms with E-state index in [4.69, 9.17) is 0 Å². The monoisotopic (exact) mass is 325 g/mol. The van der Waals surface area contributed by atoms with Gasteiger partial charge in [-0.2, -0.15) is 0 Å². The van der Waals surface area contributed by atoms with Crippen LogP contribution in [0.2, 0.25) is 0 Å². The van der Waals surface area contributed by atoms with Crippen LogP contribution in [0, 0.1) is 11.6 Å². The van der Waals surface area contributed by atoms with Crippen LogP contribution in [-0.2, 0) is 6.42 Å². The van der Waals surface area contributed by atoms with Gasteiger partial charge in [0, 0.05) is 28.9 Å². The van der Waals surface area contributed by atoms with Gasteiger partial charge in [0.1, 0.15) is 11.6 Å². The van der Waals surface area contributed by atoms with E-state index in [1.165, 1.54) is 12.1 Å². The van der Waals surface area contributed by atoms with Gasteiger partial charge >= 0.3 is 0 Å². The standard InChI is InChI=1S/C14H10BrF2NO/c15-11-7-18(10-5-8(16)4-9(17)6-10)12-2-1-3-13(19)14(11)12/h4-7H,1-3H2. The molecule has 0 saturated carbocycles. The first-order valence-electron chi connectivity index (χ1n) is 5.95. The molecule has 98 valence electrons. The Labute approximate surface area is 117 Å². The Balaban J connectivity index is 2.21. The van der Waals surface area contributed by atoms with Crippen molar-refractivity contribution >= 4 is 21.7 Å². The van der Waals surface area contributed by atoms with Crippen molar-refractivity contribution in [3.8, 4) is 5.69 Å². The first kappa shape index (κ1) is 12.5. The maximum Gasteiger partial charge on any atom is 0.165 e. The van der Waals surface area contributed by atoms with Gasteiger partial charge in [-0.3, -0.25) is 4.79 Å². The van der Waals surface area contributed by atoms with Crippen LogP contribution in [0.5, 0.6) is 0 Å². The van der Waals surface area contributed by atoms with Crippen molar-refractivity contribution in [2.75, 3.05) is 0 Å². The van der Waals surface area contributed by atoms with Crippen LogP contribution < -0.4 is 0 Å². The van der Waals surface area contributed by atoms with Crippen LogP contribution in [0.3, 0.4) is 0 Å². The van der Waals surface area contributed by atoms with Crippen LogP contribution in [0.25, 0.3) is 5.69 Å². The zero-order valence-electron chi connectivity index (χ0n) is 9.92. The zero-order chi connectivity index (χ0) is 13.6. The highest BCUT2D eigenvalue weighted by Crippen LogP contribution is 2.32. The van der Waals surface area contributed by atoms with Gasteiger partial charge < -0.3 is 4.57 Å². The molecule has 0 saturated heterocycles. The van der Waals surface area contributed by atoms with E-state index >= 15 is 0 Å². The number of hydrogen-bond acceptors (Lipinski definition) is 1. The molecule has 0 fully saturated rings. The van der Waals surface area contributed by atoms with Crippen molar-refractivity contribution in [2.24, 2.45) is 0 Å². The average molecular weight is 326 g/mol. The normalized spacial score (nSPS) is 14.6. The van der Waals surface area contributed by atoms with Crippen LogP contribution in [0.1, 0.15) is 28.9 Å². The van der Waals surface area contributed by atoms with Gasteiger partial charge in [-0.25, -0.2) is 8.78 Å². The summed E-state index contributed by atoms with van der Waals surface area (Å²) in [7, 11) is 0. The summed E-state index contributed by atoms with van der Waals surface area (Å²) in [5.41, 5.74) is 1.85. The summed E-state index contributed by atoms with van der Waals surface area (Å²) >= 11 is 3.35. The van der Waals surface area contributed by atoms with E-state index in [1.54, 1.807) is 10.8 Å². The highest BCUT2D eigenvalue weighted by atomic mass is 79.9. The molecule has 0 N–H and O–H groups in total. The largest absolute Gasteiger partial charge is 0.319 e. The molecule has 0 amide bonds. The van der Waals surface area contributed by atoms with Gasteiger partial charge in [-0.05, 0) is 40.9 Å². The number of benzene rings is 1. The predicted molar refractivity (Wildman–Crippen MR) is 70.7 cm³/mol. The Hall–Kier alpha value is -1.49. The topological polar surface area (TPSA) is 22.0 Å². The third kappa shape index (κ3) is 2.12. The van der Waals surface area contributed by atoms with Crippen LogP contribution >= 0.6 is 15.9 Å². The van der Waals surface area contributed by atoms with E-state index in [0.717, 1.165) is 24.6 Å². The van der Waals surface area contributed by atoms with Crippen molar-refractivity contribution in [1.29, 1.82) is 0 Å². The third-order valence-electron chi connectivity index (χ3n) is 3.28. The molecule has 19 heavy (non-hydrogen) atoms. The summed E-state index contributed by atoms with van der Waals surface area (Å²) in [6, 6.07) is 3.35. The molecular weight excluding hydrogens is 316 g/mol. The summed E-state index contributed by atoms with van der Waals surface area (Å²) < 4.78 is 29.0. The highest BCUT2D eigenvalue weighted by Gasteiger charge is 2.25. The van der Waals surface area contributed by atoms with Crippen LogP contribution in [0.15, 0.2) is 28.9 Å². The molecule has 3 rings (SSSR count). The number of hydrogen-bond donors (Lipinski definition) is 0. The summed E-state index contributed by atoms with van der Waals surface area (Å²) in [6.07, 6.45) is 3.71. The van der Waals surface area contributed by atoms with Gasteiger partial charge in [-0.1, -0.05) is 0 Å². The molecule has 1 aliphatic rings. The first-order valence-corrected chi connectivity index (χ1v) is 6.75. The number of carbonyl (C=O) groups is 1. The predicted octanol–water partition coefficient (Wildman–Crippen LogP) is 4.04.